The Bertz CT molecular complexity index is 1340. The molecule has 0 aliphatic rings. The number of aryl methyl sites for hydroxylation is 2. The van der Waals surface area contributed by atoms with E-state index in [1.54, 1.807) is 19.1 Å². The molecule has 0 saturated heterocycles. The smallest absolute Gasteiger partial charge is 0.264 e. The summed E-state index contributed by atoms with van der Waals surface area (Å²) in [5.41, 5.74) is 2.86. The number of anilines is 1. The summed E-state index contributed by atoms with van der Waals surface area (Å²) in [6.07, 6.45) is 0.734. The summed E-state index contributed by atoms with van der Waals surface area (Å²) in [4.78, 5) is 28.0. The fourth-order valence-corrected chi connectivity index (χ4v) is 5.26. The molecule has 2 amide bonds. The Labute approximate surface area is 224 Å². The summed E-state index contributed by atoms with van der Waals surface area (Å²) in [5, 5.41) is 2.81. The Morgan fingerprint density at radius 1 is 0.895 bits per heavy atom. The number of carbonyl (C=O) groups is 2. The van der Waals surface area contributed by atoms with Crippen molar-refractivity contribution in [3.8, 4) is 0 Å². The van der Waals surface area contributed by atoms with Crippen LogP contribution in [-0.4, -0.2) is 44.3 Å². The van der Waals surface area contributed by atoms with Crippen LogP contribution in [0.5, 0.6) is 0 Å². The second kappa shape index (κ2) is 12.7. The fraction of sp³-hybridized carbons (Fsp3) is 0.310. The Kier molecular flexibility index (Phi) is 9.63. The molecule has 0 unspecified atom stereocenters. The third-order valence-corrected chi connectivity index (χ3v) is 7.98. The molecule has 7 nitrogen and oxygen atoms in total. The van der Waals surface area contributed by atoms with E-state index < -0.39 is 34.3 Å². The molecule has 0 radical (unpaired) electrons. The van der Waals surface area contributed by atoms with Crippen molar-refractivity contribution in [3.05, 3.63) is 95.3 Å². The number of nitrogens with one attached hydrogen (secondary N) is 1. The predicted octanol–water partition coefficient (Wildman–Crippen LogP) is 4.58. The zero-order valence-corrected chi connectivity index (χ0v) is 23.0. The molecule has 0 heterocycles. The number of rotatable bonds is 11. The molecule has 0 saturated carbocycles. The van der Waals surface area contributed by atoms with Crippen LogP contribution >= 0.6 is 0 Å². The summed E-state index contributed by atoms with van der Waals surface area (Å²) in [7, 11) is -4.19. The van der Waals surface area contributed by atoms with Crippen molar-refractivity contribution >= 4 is 27.5 Å². The molecule has 0 bridgehead atoms. The summed E-state index contributed by atoms with van der Waals surface area (Å²) in [6, 6.07) is 17.9. The van der Waals surface area contributed by atoms with Crippen LogP contribution in [0.15, 0.2) is 77.7 Å². The van der Waals surface area contributed by atoms with Crippen LogP contribution in [0.25, 0.3) is 0 Å². The molecule has 3 rings (SSSR count). The second-order valence-electron chi connectivity index (χ2n) is 9.28. The summed E-state index contributed by atoms with van der Waals surface area (Å²) in [5.74, 6) is -1.43. The number of sulfonamides is 1. The van der Waals surface area contributed by atoms with Gasteiger partial charge in [-0.05, 0) is 69.2 Å². The molecule has 0 spiro atoms. The number of halogens is 1. The van der Waals surface area contributed by atoms with Gasteiger partial charge in [0.1, 0.15) is 18.4 Å². The maximum Gasteiger partial charge on any atom is 0.264 e. The molecule has 0 aliphatic carbocycles. The Hall–Kier alpha value is -3.72. The van der Waals surface area contributed by atoms with E-state index in [9.17, 15) is 22.4 Å². The Morgan fingerprint density at radius 3 is 2.00 bits per heavy atom. The molecule has 1 atom stereocenters. The number of hydrogen-bond acceptors (Lipinski definition) is 4. The maximum atomic E-state index is 13.8. The van der Waals surface area contributed by atoms with Crippen molar-refractivity contribution in [3.63, 3.8) is 0 Å². The van der Waals surface area contributed by atoms with Gasteiger partial charge in [0.2, 0.25) is 11.8 Å². The normalized spacial score (nSPS) is 12.0. The lowest BCUT2D eigenvalue weighted by Crippen LogP contribution is -2.51. The van der Waals surface area contributed by atoms with Crippen molar-refractivity contribution in [1.29, 1.82) is 0 Å². The van der Waals surface area contributed by atoms with Crippen molar-refractivity contribution in [1.82, 2.24) is 10.2 Å². The van der Waals surface area contributed by atoms with Crippen LogP contribution in [0.3, 0.4) is 0 Å². The fourth-order valence-electron chi connectivity index (χ4n) is 3.84. The molecular formula is C29H34FN3O4S. The van der Waals surface area contributed by atoms with Gasteiger partial charge >= 0.3 is 0 Å². The third kappa shape index (κ3) is 7.19. The van der Waals surface area contributed by atoms with Gasteiger partial charge in [-0.3, -0.25) is 13.9 Å². The average molecular weight is 540 g/mol. The van der Waals surface area contributed by atoms with Gasteiger partial charge in [-0.15, -0.1) is 0 Å². The van der Waals surface area contributed by atoms with Gasteiger partial charge in [-0.1, -0.05) is 54.4 Å². The summed E-state index contributed by atoms with van der Waals surface area (Å²) < 4.78 is 42.1. The van der Waals surface area contributed by atoms with Crippen LogP contribution in [0.4, 0.5) is 10.1 Å². The van der Waals surface area contributed by atoms with Crippen molar-refractivity contribution in [2.75, 3.05) is 17.4 Å². The largest absolute Gasteiger partial charge is 0.354 e. The first-order valence-corrected chi connectivity index (χ1v) is 13.9. The molecule has 0 aliphatic heterocycles. The average Bonchev–Trinajstić information content (AvgIpc) is 2.90. The van der Waals surface area contributed by atoms with E-state index in [4.69, 9.17) is 0 Å². The monoisotopic (exact) mass is 539 g/mol. The SMILES string of the molecule is CCCNC(=O)[C@@H](C)N(Cc1ccc(C)cc1)C(=O)CN(c1ccc(F)cc1)S(=O)(=O)c1ccc(C)cc1. The zero-order valence-electron chi connectivity index (χ0n) is 22.1. The highest BCUT2D eigenvalue weighted by Gasteiger charge is 2.32. The highest BCUT2D eigenvalue weighted by Crippen LogP contribution is 2.25. The third-order valence-electron chi connectivity index (χ3n) is 6.19. The van der Waals surface area contributed by atoms with Crippen LogP contribution in [-0.2, 0) is 26.2 Å². The minimum absolute atomic E-state index is 0.000882. The van der Waals surface area contributed by atoms with E-state index in [-0.39, 0.29) is 23.0 Å². The van der Waals surface area contributed by atoms with E-state index >= 15 is 0 Å². The van der Waals surface area contributed by atoms with E-state index in [0.717, 1.165) is 39.5 Å². The first-order chi connectivity index (χ1) is 18.0. The molecule has 202 valence electrons. The molecule has 3 aromatic carbocycles. The molecule has 3 aromatic rings. The topological polar surface area (TPSA) is 86.8 Å². The van der Waals surface area contributed by atoms with E-state index in [2.05, 4.69) is 5.32 Å². The molecule has 1 N–H and O–H groups in total. The maximum absolute atomic E-state index is 13.8. The van der Waals surface area contributed by atoms with Gasteiger partial charge in [0.05, 0.1) is 10.6 Å². The number of hydrogen-bond donors (Lipinski definition) is 1. The number of benzene rings is 3. The van der Waals surface area contributed by atoms with Crippen LogP contribution in [0.2, 0.25) is 0 Å². The van der Waals surface area contributed by atoms with Crippen molar-refractivity contribution in [2.24, 2.45) is 0 Å². The van der Waals surface area contributed by atoms with Gasteiger partial charge in [-0.2, -0.15) is 0 Å². The van der Waals surface area contributed by atoms with Gasteiger partial charge < -0.3 is 10.2 Å². The van der Waals surface area contributed by atoms with E-state index in [1.165, 1.54) is 29.2 Å². The van der Waals surface area contributed by atoms with Crippen molar-refractivity contribution < 1.29 is 22.4 Å². The Morgan fingerprint density at radius 2 is 1.45 bits per heavy atom. The first-order valence-electron chi connectivity index (χ1n) is 12.5. The van der Waals surface area contributed by atoms with Crippen LogP contribution < -0.4 is 9.62 Å². The zero-order chi connectivity index (χ0) is 27.9. The molecule has 9 heteroatoms. The number of carbonyl (C=O) groups excluding carboxylic acids is 2. The second-order valence-corrected chi connectivity index (χ2v) is 11.1. The number of nitrogens with zero attached hydrogens (tertiary/aromatic N) is 2. The lowest BCUT2D eigenvalue weighted by Gasteiger charge is -2.32. The summed E-state index contributed by atoms with van der Waals surface area (Å²) >= 11 is 0. The minimum Gasteiger partial charge on any atom is -0.354 e. The predicted molar refractivity (Wildman–Crippen MR) is 147 cm³/mol. The highest BCUT2D eigenvalue weighted by atomic mass is 32.2. The summed E-state index contributed by atoms with van der Waals surface area (Å²) in [6.45, 7) is 7.33. The molecule has 38 heavy (non-hydrogen) atoms. The minimum atomic E-state index is -4.19. The van der Waals surface area contributed by atoms with Gasteiger partial charge in [0.25, 0.3) is 10.0 Å². The quantitative estimate of drug-likeness (QED) is 0.387. The lowest BCUT2D eigenvalue weighted by atomic mass is 10.1. The molecular weight excluding hydrogens is 505 g/mol. The van der Waals surface area contributed by atoms with Gasteiger partial charge in [0.15, 0.2) is 0 Å². The van der Waals surface area contributed by atoms with Crippen LogP contribution in [0.1, 0.15) is 37.0 Å². The first kappa shape index (κ1) is 28.8. The highest BCUT2D eigenvalue weighted by molar-refractivity contribution is 7.92. The lowest BCUT2D eigenvalue weighted by molar-refractivity contribution is -0.139. The van der Waals surface area contributed by atoms with E-state index in [0.29, 0.717) is 6.54 Å². The standard InChI is InChI=1S/C29H34FN3O4S/c1-5-18-31-29(35)23(4)32(19-24-10-6-21(2)7-11-24)28(34)20-33(26-14-12-25(30)13-15-26)38(36,37)27-16-8-22(3)9-17-27/h6-17,23H,5,18-20H2,1-4H3,(H,31,35)/t23-/m1/s1. The number of amides is 2. The van der Waals surface area contributed by atoms with Gasteiger partial charge in [-0.25, -0.2) is 12.8 Å². The Balaban J connectivity index is 2.00. The molecule has 0 aromatic heterocycles. The van der Waals surface area contributed by atoms with Crippen molar-refractivity contribution in [2.45, 2.75) is 51.6 Å². The molecule has 0 fully saturated rings. The van der Waals surface area contributed by atoms with E-state index in [1.807, 2.05) is 45.0 Å². The van der Waals surface area contributed by atoms with Crippen LogP contribution in [0, 0.1) is 19.7 Å². The van der Waals surface area contributed by atoms with Gasteiger partial charge in [0, 0.05) is 13.1 Å².